The quantitative estimate of drug-likeness (QED) is 0.363. The Morgan fingerprint density at radius 1 is 1.05 bits per heavy atom. The number of carbonyl (C=O) groups is 2. The molecule has 0 aromatic heterocycles. The van der Waals surface area contributed by atoms with E-state index in [1.807, 2.05) is 20.8 Å². The van der Waals surface area contributed by atoms with Gasteiger partial charge in [-0.1, -0.05) is 58.2 Å². The van der Waals surface area contributed by atoms with Crippen molar-refractivity contribution in [3.63, 3.8) is 0 Å². The number of nitrogens with one attached hydrogen (secondary N) is 1. The second-order valence-corrected chi connectivity index (χ2v) is 12.2. The Kier molecular flexibility index (Phi) is 9.01. The fraction of sp³-hybridized carbons (Fsp3) is 0.548. The molecule has 1 saturated carbocycles. The first kappa shape index (κ1) is 30.8. The number of halogens is 4. The van der Waals surface area contributed by atoms with Gasteiger partial charge < -0.3 is 20.1 Å². The van der Waals surface area contributed by atoms with Crippen LogP contribution in [0.25, 0.3) is 0 Å². The van der Waals surface area contributed by atoms with Crippen LogP contribution in [0.5, 0.6) is 5.75 Å². The zero-order valence-corrected chi connectivity index (χ0v) is 23.8. The molecule has 1 amide bonds. The van der Waals surface area contributed by atoms with E-state index in [0.29, 0.717) is 12.8 Å². The van der Waals surface area contributed by atoms with Gasteiger partial charge in [-0.25, -0.2) is 9.18 Å². The Hall–Kier alpha value is -3.14. The summed E-state index contributed by atoms with van der Waals surface area (Å²) >= 11 is 0. The van der Waals surface area contributed by atoms with Crippen molar-refractivity contribution in [3.05, 3.63) is 65.0 Å². The van der Waals surface area contributed by atoms with Crippen LogP contribution in [0.3, 0.4) is 0 Å². The van der Waals surface area contributed by atoms with Gasteiger partial charge in [-0.15, -0.1) is 0 Å². The lowest BCUT2D eigenvalue weighted by molar-refractivity contribution is -0.154. The van der Waals surface area contributed by atoms with E-state index in [0.717, 1.165) is 31.4 Å². The molecule has 0 spiro atoms. The van der Waals surface area contributed by atoms with Gasteiger partial charge in [0, 0.05) is 35.5 Å². The minimum Gasteiger partial charge on any atom is -0.496 e. The van der Waals surface area contributed by atoms with Gasteiger partial charge in [0.25, 0.3) is 0 Å². The molecule has 1 aliphatic carbocycles. The average Bonchev–Trinajstić information content (AvgIpc) is 3.27. The Morgan fingerprint density at radius 2 is 1.71 bits per heavy atom. The molecule has 2 aromatic carbocycles. The highest BCUT2D eigenvalue weighted by atomic mass is 19.4. The van der Waals surface area contributed by atoms with Crippen molar-refractivity contribution < 1.29 is 37.0 Å². The lowest BCUT2D eigenvalue weighted by atomic mass is 9.72. The normalized spacial score (nSPS) is 24.0. The maximum atomic E-state index is 15.5. The first-order valence-corrected chi connectivity index (χ1v) is 14.0. The van der Waals surface area contributed by atoms with E-state index in [2.05, 4.69) is 5.32 Å². The molecule has 2 fully saturated rings. The molecule has 224 valence electrons. The van der Waals surface area contributed by atoms with Crippen LogP contribution in [0.4, 0.5) is 17.6 Å². The van der Waals surface area contributed by atoms with Crippen LogP contribution in [-0.2, 0) is 22.3 Å². The molecule has 4 rings (SSSR count). The first-order valence-electron chi connectivity index (χ1n) is 14.0. The number of carbonyl (C=O) groups excluding carboxylic acids is 1. The molecular formula is C31H38F4N2O4. The van der Waals surface area contributed by atoms with E-state index in [-0.39, 0.29) is 35.2 Å². The van der Waals surface area contributed by atoms with Crippen molar-refractivity contribution in [2.45, 2.75) is 83.7 Å². The fourth-order valence-electron chi connectivity index (χ4n) is 6.65. The monoisotopic (exact) mass is 578 g/mol. The van der Waals surface area contributed by atoms with E-state index >= 15 is 4.39 Å². The molecule has 1 heterocycles. The number of hydrogen-bond donors (Lipinski definition) is 2. The minimum atomic E-state index is -4.57. The Bertz CT molecular complexity index is 1250. The van der Waals surface area contributed by atoms with Crippen LogP contribution in [-0.4, -0.2) is 41.1 Å². The third-order valence-corrected chi connectivity index (χ3v) is 8.49. The van der Waals surface area contributed by atoms with Crippen LogP contribution in [0.15, 0.2) is 42.5 Å². The number of nitrogens with zero attached hydrogens (tertiary/aromatic N) is 1. The summed E-state index contributed by atoms with van der Waals surface area (Å²) in [5.74, 6) is -2.95. The number of likely N-dealkylation sites (tertiary alicyclic amines) is 1. The van der Waals surface area contributed by atoms with Crippen LogP contribution >= 0.6 is 0 Å². The summed E-state index contributed by atoms with van der Waals surface area (Å²) in [6.07, 6.45) is -0.610. The molecule has 0 bridgehead atoms. The Balaban J connectivity index is 1.84. The van der Waals surface area contributed by atoms with Crippen molar-refractivity contribution in [2.24, 2.45) is 17.3 Å². The van der Waals surface area contributed by atoms with E-state index in [1.54, 1.807) is 12.1 Å². The van der Waals surface area contributed by atoms with Gasteiger partial charge in [0.1, 0.15) is 17.6 Å². The van der Waals surface area contributed by atoms with E-state index in [9.17, 15) is 27.9 Å². The highest BCUT2D eigenvalue weighted by molar-refractivity contribution is 5.87. The van der Waals surface area contributed by atoms with Gasteiger partial charge in [0.15, 0.2) is 0 Å². The molecule has 1 aliphatic heterocycles. The number of aliphatic carboxylic acids is 1. The Labute approximate surface area is 238 Å². The number of amides is 1. The van der Waals surface area contributed by atoms with E-state index < -0.39 is 53.0 Å². The van der Waals surface area contributed by atoms with Gasteiger partial charge in [0.2, 0.25) is 5.91 Å². The summed E-state index contributed by atoms with van der Waals surface area (Å²) < 4.78 is 61.4. The summed E-state index contributed by atoms with van der Waals surface area (Å²) in [7, 11) is 1.35. The predicted octanol–water partition coefficient (Wildman–Crippen LogP) is 6.59. The number of benzene rings is 2. The predicted molar refractivity (Wildman–Crippen MR) is 146 cm³/mol. The molecule has 41 heavy (non-hydrogen) atoms. The number of ether oxygens (including phenoxy) is 1. The van der Waals surface area contributed by atoms with Crippen LogP contribution in [0.2, 0.25) is 0 Å². The van der Waals surface area contributed by atoms with Crippen LogP contribution in [0, 0.1) is 23.1 Å². The molecule has 10 heteroatoms. The number of carboxylic acids is 1. The number of methoxy groups -OCH3 is 1. The molecule has 2 N–H and O–H groups in total. The molecule has 1 saturated heterocycles. The summed E-state index contributed by atoms with van der Waals surface area (Å²) in [6, 6.07) is 6.08. The summed E-state index contributed by atoms with van der Waals surface area (Å²) in [5, 5.41) is 13.8. The number of carboxylic acid groups (broad SMARTS) is 1. The van der Waals surface area contributed by atoms with Crippen molar-refractivity contribution in [3.8, 4) is 5.75 Å². The topological polar surface area (TPSA) is 78.9 Å². The second kappa shape index (κ2) is 12.0. The van der Waals surface area contributed by atoms with Gasteiger partial charge in [-0.2, -0.15) is 13.2 Å². The summed E-state index contributed by atoms with van der Waals surface area (Å²) in [6.45, 7) is 5.47. The molecular weight excluding hydrogens is 540 g/mol. The van der Waals surface area contributed by atoms with Gasteiger partial charge >= 0.3 is 12.1 Å². The Morgan fingerprint density at radius 3 is 2.27 bits per heavy atom. The SMILES string of the molecule is COc1ccc(C(F)(F)F)cc1CN[C@H]1[C@H](C(C)(C)C)[C@@H](C(=O)O)N(C(=O)C2CCCCC2)[C@H]1c1ccccc1F. The van der Waals surface area contributed by atoms with Gasteiger partial charge in [-0.3, -0.25) is 4.79 Å². The lowest BCUT2D eigenvalue weighted by Crippen LogP contribution is -2.49. The van der Waals surface area contributed by atoms with Gasteiger partial charge in [0.05, 0.1) is 18.7 Å². The smallest absolute Gasteiger partial charge is 0.416 e. The molecule has 0 radical (unpaired) electrons. The fourth-order valence-corrected chi connectivity index (χ4v) is 6.65. The van der Waals surface area contributed by atoms with Crippen molar-refractivity contribution in [1.82, 2.24) is 10.2 Å². The zero-order chi connectivity index (χ0) is 30.1. The first-order chi connectivity index (χ1) is 19.3. The standard InChI is InChI=1S/C31H38F4N2O4/c1-30(2,3)24-25(36-17-19-16-20(31(33,34)35)14-15-23(19)41-4)26(21-12-8-9-13-22(21)32)37(27(24)29(39)40)28(38)18-10-6-5-7-11-18/h8-9,12-16,18,24-27,36H,5-7,10-11,17H2,1-4H3,(H,39,40)/t24-,25-,26-,27-/m0/s1. The van der Waals surface area contributed by atoms with E-state index in [4.69, 9.17) is 4.74 Å². The minimum absolute atomic E-state index is 0.118. The van der Waals surface area contributed by atoms with Crippen molar-refractivity contribution >= 4 is 11.9 Å². The zero-order valence-electron chi connectivity index (χ0n) is 23.8. The third kappa shape index (κ3) is 6.37. The summed E-state index contributed by atoms with van der Waals surface area (Å²) in [4.78, 5) is 28.4. The van der Waals surface area contributed by atoms with E-state index in [1.165, 1.54) is 30.2 Å². The van der Waals surface area contributed by atoms with Gasteiger partial charge in [-0.05, 0) is 42.5 Å². The summed E-state index contributed by atoms with van der Waals surface area (Å²) in [5.41, 5.74) is -1.14. The van der Waals surface area contributed by atoms with Crippen LogP contribution < -0.4 is 10.1 Å². The highest BCUT2D eigenvalue weighted by Gasteiger charge is 2.59. The number of alkyl halides is 3. The molecule has 0 unspecified atom stereocenters. The van der Waals surface area contributed by atoms with Crippen molar-refractivity contribution in [2.75, 3.05) is 7.11 Å². The number of rotatable bonds is 7. The number of hydrogen-bond acceptors (Lipinski definition) is 4. The lowest BCUT2D eigenvalue weighted by Gasteiger charge is -2.36. The average molecular weight is 579 g/mol. The maximum absolute atomic E-state index is 15.5. The molecule has 2 aliphatic rings. The third-order valence-electron chi connectivity index (χ3n) is 8.49. The van der Waals surface area contributed by atoms with Crippen molar-refractivity contribution in [1.29, 1.82) is 0 Å². The molecule has 2 aromatic rings. The highest BCUT2D eigenvalue weighted by Crippen LogP contribution is 2.50. The largest absolute Gasteiger partial charge is 0.496 e. The maximum Gasteiger partial charge on any atom is 0.416 e. The molecule has 4 atom stereocenters. The van der Waals surface area contributed by atoms with Crippen LogP contribution in [0.1, 0.15) is 75.6 Å². The second-order valence-electron chi connectivity index (χ2n) is 12.2. The molecule has 6 nitrogen and oxygen atoms in total.